The van der Waals surface area contributed by atoms with Gasteiger partial charge in [0.2, 0.25) is 0 Å². The molecule has 7 nitrogen and oxygen atoms in total. The van der Waals surface area contributed by atoms with Gasteiger partial charge in [-0.3, -0.25) is 4.79 Å². The van der Waals surface area contributed by atoms with E-state index in [1.165, 1.54) is 12.4 Å². The predicted octanol–water partition coefficient (Wildman–Crippen LogP) is 0.285. The molecule has 4 N–H and O–H groups in total. The van der Waals surface area contributed by atoms with Gasteiger partial charge in [0.1, 0.15) is 5.82 Å². The summed E-state index contributed by atoms with van der Waals surface area (Å²) >= 11 is 0. The van der Waals surface area contributed by atoms with E-state index < -0.39 is 0 Å². The summed E-state index contributed by atoms with van der Waals surface area (Å²) in [5.74, 6) is 6.01. The topological polar surface area (TPSA) is 106 Å². The number of pyridine rings is 1. The van der Waals surface area contributed by atoms with Gasteiger partial charge < -0.3 is 15.3 Å². The van der Waals surface area contributed by atoms with Crippen LogP contribution in [0.3, 0.4) is 0 Å². The molecule has 0 aromatic carbocycles. The van der Waals surface area contributed by atoms with Gasteiger partial charge in [0.25, 0.3) is 5.91 Å². The summed E-state index contributed by atoms with van der Waals surface area (Å²) in [4.78, 5) is 15.6. The molecule has 2 heterocycles. The minimum Gasteiger partial charge on any atom is -0.360 e. The highest BCUT2D eigenvalue weighted by molar-refractivity contribution is 5.93. The molecule has 0 unspecified atom stereocenters. The number of nitrogens with two attached hydrogens (primary N) is 1. The maximum Gasteiger partial charge on any atom is 0.253 e. The Hall–Kier alpha value is -2.41. The highest BCUT2D eigenvalue weighted by Crippen LogP contribution is 2.04. The summed E-state index contributed by atoms with van der Waals surface area (Å²) in [6.07, 6.45) is 2.95. The number of rotatable bonds is 4. The number of aromatic nitrogens is 2. The molecule has 7 heteroatoms. The van der Waals surface area contributed by atoms with Gasteiger partial charge in [-0.2, -0.15) is 0 Å². The normalized spacial score (nSPS) is 9.94. The van der Waals surface area contributed by atoms with Gasteiger partial charge in [0.05, 0.1) is 18.3 Å². The second-order valence-corrected chi connectivity index (χ2v) is 3.24. The number of nitrogens with zero attached hydrogens (tertiary/aromatic N) is 2. The first kappa shape index (κ1) is 11.1. The second kappa shape index (κ2) is 5.08. The Kier molecular flexibility index (Phi) is 3.31. The van der Waals surface area contributed by atoms with Crippen molar-refractivity contribution in [2.75, 3.05) is 5.43 Å². The van der Waals surface area contributed by atoms with Crippen LogP contribution in [0, 0.1) is 0 Å². The molecule has 0 bridgehead atoms. The van der Waals surface area contributed by atoms with E-state index in [1.54, 1.807) is 18.2 Å². The summed E-state index contributed by atoms with van der Waals surface area (Å²) in [6.45, 7) is 0.287. The Balaban J connectivity index is 1.95. The largest absolute Gasteiger partial charge is 0.360 e. The number of carbonyl (C=O) groups excluding carboxylic acids is 1. The van der Waals surface area contributed by atoms with E-state index >= 15 is 0 Å². The lowest BCUT2D eigenvalue weighted by Crippen LogP contribution is -2.22. The van der Waals surface area contributed by atoms with Crippen LogP contribution in [0.15, 0.2) is 35.1 Å². The number of nitrogens with one attached hydrogen (secondary N) is 2. The van der Waals surface area contributed by atoms with Crippen LogP contribution in [0.2, 0.25) is 0 Å². The third-order valence-corrected chi connectivity index (χ3v) is 2.09. The van der Waals surface area contributed by atoms with Gasteiger partial charge in [-0.15, -0.1) is 0 Å². The lowest BCUT2D eigenvalue weighted by molar-refractivity contribution is 0.0946. The van der Waals surface area contributed by atoms with Crippen LogP contribution in [0.4, 0.5) is 5.82 Å². The second-order valence-electron chi connectivity index (χ2n) is 3.24. The van der Waals surface area contributed by atoms with Crippen LogP contribution in [-0.2, 0) is 6.54 Å². The molecule has 88 valence electrons. The number of amides is 1. The van der Waals surface area contributed by atoms with Gasteiger partial charge in [-0.25, -0.2) is 10.8 Å². The number of hydrogen-bond acceptors (Lipinski definition) is 6. The van der Waals surface area contributed by atoms with Crippen molar-refractivity contribution >= 4 is 11.7 Å². The Morgan fingerprint density at radius 3 is 2.88 bits per heavy atom. The van der Waals surface area contributed by atoms with Crippen molar-refractivity contribution in [3.8, 4) is 0 Å². The van der Waals surface area contributed by atoms with E-state index in [0.717, 1.165) is 0 Å². The molecule has 0 fully saturated rings. The van der Waals surface area contributed by atoms with Crippen LogP contribution in [0.5, 0.6) is 0 Å². The minimum atomic E-state index is -0.238. The average molecular weight is 233 g/mol. The Bertz CT molecular complexity index is 480. The highest BCUT2D eigenvalue weighted by atomic mass is 16.5. The third-order valence-electron chi connectivity index (χ3n) is 2.09. The molecule has 0 saturated carbocycles. The molecular formula is C10H11N5O2. The first-order valence-corrected chi connectivity index (χ1v) is 4.90. The van der Waals surface area contributed by atoms with Crippen molar-refractivity contribution in [2.24, 2.45) is 5.84 Å². The number of carbonyl (C=O) groups is 1. The van der Waals surface area contributed by atoms with Gasteiger partial charge in [-0.05, 0) is 12.1 Å². The predicted molar refractivity (Wildman–Crippen MR) is 59.7 cm³/mol. The molecule has 17 heavy (non-hydrogen) atoms. The molecule has 0 spiro atoms. The Labute approximate surface area is 97.0 Å². The van der Waals surface area contributed by atoms with Crippen LogP contribution in [0.25, 0.3) is 0 Å². The monoisotopic (exact) mass is 233 g/mol. The lowest BCUT2D eigenvalue weighted by atomic mass is 10.2. The van der Waals surface area contributed by atoms with Crippen molar-refractivity contribution in [1.82, 2.24) is 15.5 Å². The first-order valence-electron chi connectivity index (χ1n) is 4.90. The summed E-state index contributed by atoms with van der Waals surface area (Å²) in [7, 11) is 0. The fraction of sp³-hybridized carbons (Fsp3) is 0.100. The maximum atomic E-state index is 11.7. The summed E-state index contributed by atoms with van der Waals surface area (Å²) in [5.41, 5.74) is 2.83. The molecule has 0 aliphatic carbocycles. The molecule has 0 aliphatic heterocycles. The van der Waals surface area contributed by atoms with Crippen molar-refractivity contribution in [3.63, 3.8) is 0 Å². The third kappa shape index (κ3) is 2.79. The Morgan fingerprint density at radius 2 is 2.29 bits per heavy atom. The molecular weight excluding hydrogens is 222 g/mol. The zero-order valence-corrected chi connectivity index (χ0v) is 8.88. The van der Waals surface area contributed by atoms with E-state index in [2.05, 4.69) is 20.9 Å². The van der Waals surface area contributed by atoms with Crippen molar-refractivity contribution < 1.29 is 9.32 Å². The lowest BCUT2D eigenvalue weighted by Gasteiger charge is -2.03. The smallest absolute Gasteiger partial charge is 0.253 e. The average Bonchev–Trinajstić information content (AvgIpc) is 2.89. The Morgan fingerprint density at radius 1 is 1.41 bits per heavy atom. The van der Waals surface area contributed by atoms with Crippen LogP contribution < -0.4 is 16.6 Å². The van der Waals surface area contributed by atoms with E-state index in [0.29, 0.717) is 17.1 Å². The maximum absolute atomic E-state index is 11.7. The number of nitrogen functional groups attached to an aromatic ring is 1. The molecule has 0 aliphatic rings. The molecule has 0 saturated heterocycles. The standard InChI is InChI=1S/C10H11N5O2/c11-15-9-2-1-7(5-12-9)10(16)13-6-8-3-4-14-17-8/h1-5H,6,11H2,(H,12,15)(H,13,16). The zero-order valence-electron chi connectivity index (χ0n) is 8.88. The van der Waals surface area contributed by atoms with Crippen molar-refractivity contribution in [2.45, 2.75) is 6.54 Å². The summed E-state index contributed by atoms with van der Waals surface area (Å²) in [6, 6.07) is 4.92. The minimum absolute atomic E-state index is 0.238. The SMILES string of the molecule is NNc1ccc(C(=O)NCc2ccno2)cn1. The molecule has 0 radical (unpaired) electrons. The van der Waals surface area contributed by atoms with Gasteiger partial charge in [0.15, 0.2) is 5.76 Å². The number of anilines is 1. The first-order chi connectivity index (χ1) is 8.29. The van der Waals surface area contributed by atoms with Crippen LogP contribution in [0.1, 0.15) is 16.1 Å². The number of hydrazine groups is 1. The molecule has 1 amide bonds. The number of hydrogen-bond donors (Lipinski definition) is 3. The van der Waals surface area contributed by atoms with E-state index in [9.17, 15) is 4.79 Å². The molecule has 0 atom stereocenters. The fourth-order valence-corrected chi connectivity index (χ4v) is 1.22. The van der Waals surface area contributed by atoms with E-state index in [4.69, 9.17) is 10.4 Å². The van der Waals surface area contributed by atoms with Crippen LogP contribution >= 0.6 is 0 Å². The van der Waals surface area contributed by atoms with E-state index in [1.807, 2.05) is 0 Å². The summed E-state index contributed by atoms with van der Waals surface area (Å²) < 4.78 is 4.85. The van der Waals surface area contributed by atoms with Crippen molar-refractivity contribution in [3.05, 3.63) is 41.9 Å². The zero-order chi connectivity index (χ0) is 12.1. The molecule has 2 aromatic heterocycles. The molecule has 2 aromatic rings. The summed E-state index contributed by atoms with van der Waals surface area (Å²) in [5, 5.41) is 6.21. The highest BCUT2D eigenvalue weighted by Gasteiger charge is 2.06. The van der Waals surface area contributed by atoms with E-state index in [-0.39, 0.29) is 12.5 Å². The van der Waals surface area contributed by atoms with Crippen molar-refractivity contribution in [1.29, 1.82) is 0 Å². The fourth-order valence-electron chi connectivity index (χ4n) is 1.22. The van der Waals surface area contributed by atoms with Crippen LogP contribution in [-0.4, -0.2) is 16.0 Å². The van der Waals surface area contributed by atoms with Gasteiger partial charge >= 0.3 is 0 Å². The quantitative estimate of drug-likeness (QED) is 0.517. The van der Waals surface area contributed by atoms with Gasteiger partial charge in [0, 0.05) is 12.3 Å². The van der Waals surface area contributed by atoms with Gasteiger partial charge in [-0.1, -0.05) is 5.16 Å². The molecule has 2 rings (SSSR count).